The average Bonchev–Trinajstić information content (AvgIpc) is 2.90. The molecule has 1 aromatic rings. The highest BCUT2D eigenvalue weighted by Gasteiger charge is 2.40. The van der Waals surface area contributed by atoms with E-state index in [0.717, 1.165) is 31.2 Å². The summed E-state index contributed by atoms with van der Waals surface area (Å²) in [5.74, 6) is -0.204. The second kappa shape index (κ2) is 5.58. The first-order valence-electron chi connectivity index (χ1n) is 6.75. The lowest BCUT2D eigenvalue weighted by atomic mass is 9.85. The Morgan fingerprint density at radius 3 is 2.65 bits per heavy atom. The molecule has 3 N–H and O–H groups in total. The Hall–Kier alpha value is -1.95. The van der Waals surface area contributed by atoms with Crippen molar-refractivity contribution in [3.63, 3.8) is 0 Å². The van der Waals surface area contributed by atoms with E-state index in [1.54, 1.807) is 19.1 Å². The Morgan fingerprint density at radius 1 is 1.45 bits per heavy atom. The van der Waals surface area contributed by atoms with Crippen molar-refractivity contribution in [3.05, 3.63) is 33.9 Å². The highest BCUT2D eigenvalue weighted by molar-refractivity contribution is 5.97. The highest BCUT2D eigenvalue weighted by Crippen LogP contribution is 2.39. The monoisotopic (exact) mass is 277 g/mol. The summed E-state index contributed by atoms with van der Waals surface area (Å²) in [7, 11) is 0. The number of hydrogen-bond donors (Lipinski definition) is 2. The molecule has 0 aromatic heterocycles. The zero-order chi connectivity index (χ0) is 14.8. The van der Waals surface area contributed by atoms with Gasteiger partial charge in [0, 0.05) is 12.6 Å². The molecule has 108 valence electrons. The largest absolute Gasteiger partial charge is 0.329 e. The number of amides is 1. The number of carbonyl (C=O) groups is 1. The van der Waals surface area contributed by atoms with Gasteiger partial charge in [-0.15, -0.1) is 0 Å². The minimum atomic E-state index is -0.571. The third-order valence-electron chi connectivity index (χ3n) is 4.03. The molecule has 0 aliphatic heterocycles. The minimum Gasteiger partial charge on any atom is -0.329 e. The molecule has 2 rings (SSSR count). The van der Waals surface area contributed by atoms with Gasteiger partial charge in [0.2, 0.25) is 5.91 Å². The molecule has 1 fully saturated rings. The van der Waals surface area contributed by atoms with Gasteiger partial charge in [0.15, 0.2) is 0 Å². The summed E-state index contributed by atoms with van der Waals surface area (Å²) in [6, 6.07) is 4.77. The summed E-state index contributed by atoms with van der Waals surface area (Å²) in [4.78, 5) is 23.0. The fourth-order valence-corrected chi connectivity index (χ4v) is 2.73. The molecule has 1 aliphatic carbocycles. The van der Waals surface area contributed by atoms with Crippen molar-refractivity contribution in [1.82, 2.24) is 0 Å². The second-order valence-corrected chi connectivity index (χ2v) is 5.42. The fraction of sp³-hybridized carbons (Fsp3) is 0.500. The molecule has 6 nitrogen and oxygen atoms in total. The van der Waals surface area contributed by atoms with Gasteiger partial charge < -0.3 is 11.1 Å². The molecule has 1 amide bonds. The first-order chi connectivity index (χ1) is 9.48. The zero-order valence-electron chi connectivity index (χ0n) is 11.5. The quantitative estimate of drug-likeness (QED) is 0.652. The molecule has 0 radical (unpaired) electrons. The maximum absolute atomic E-state index is 12.4. The molecule has 0 spiro atoms. The van der Waals surface area contributed by atoms with Crippen molar-refractivity contribution in [2.45, 2.75) is 32.6 Å². The van der Waals surface area contributed by atoms with E-state index in [1.165, 1.54) is 6.07 Å². The molecule has 20 heavy (non-hydrogen) atoms. The summed E-state index contributed by atoms with van der Waals surface area (Å²) >= 11 is 0. The summed E-state index contributed by atoms with van der Waals surface area (Å²) in [5.41, 5.74) is 6.12. The van der Waals surface area contributed by atoms with Gasteiger partial charge in [0.1, 0.15) is 5.69 Å². The van der Waals surface area contributed by atoms with Crippen LogP contribution in [0.15, 0.2) is 18.2 Å². The van der Waals surface area contributed by atoms with Crippen LogP contribution >= 0.6 is 0 Å². The van der Waals surface area contributed by atoms with Crippen molar-refractivity contribution >= 4 is 17.3 Å². The molecule has 0 atom stereocenters. The van der Waals surface area contributed by atoms with Crippen molar-refractivity contribution in [2.24, 2.45) is 11.1 Å². The van der Waals surface area contributed by atoms with Gasteiger partial charge >= 0.3 is 0 Å². The van der Waals surface area contributed by atoms with Gasteiger partial charge in [0.25, 0.3) is 5.69 Å². The summed E-state index contributed by atoms with van der Waals surface area (Å²) < 4.78 is 0. The maximum atomic E-state index is 12.4. The predicted octanol–water partition coefficient (Wildman–Crippen LogP) is 2.36. The molecule has 0 saturated heterocycles. The van der Waals surface area contributed by atoms with Crippen LogP contribution in [0.2, 0.25) is 0 Å². The predicted molar refractivity (Wildman–Crippen MR) is 76.4 cm³/mol. The average molecular weight is 277 g/mol. The van der Waals surface area contributed by atoms with Gasteiger partial charge in [-0.1, -0.05) is 18.9 Å². The minimum absolute atomic E-state index is 0.0801. The first kappa shape index (κ1) is 14.5. The Labute approximate surface area is 117 Å². The highest BCUT2D eigenvalue weighted by atomic mass is 16.6. The molecule has 1 saturated carbocycles. The van der Waals surface area contributed by atoms with Crippen LogP contribution in [0.3, 0.4) is 0 Å². The van der Waals surface area contributed by atoms with E-state index < -0.39 is 10.3 Å². The van der Waals surface area contributed by atoms with Crippen LogP contribution in [0, 0.1) is 22.5 Å². The van der Waals surface area contributed by atoms with E-state index in [9.17, 15) is 14.9 Å². The number of nitro groups is 1. The van der Waals surface area contributed by atoms with Crippen LogP contribution in [0.4, 0.5) is 11.4 Å². The van der Waals surface area contributed by atoms with E-state index in [0.29, 0.717) is 0 Å². The lowest BCUT2D eigenvalue weighted by Crippen LogP contribution is -2.40. The van der Waals surface area contributed by atoms with E-state index in [2.05, 4.69) is 5.32 Å². The lowest BCUT2D eigenvalue weighted by Gasteiger charge is -2.25. The number of carbonyl (C=O) groups excluding carboxylic acids is 1. The third-order valence-corrected chi connectivity index (χ3v) is 4.03. The van der Waals surface area contributed by atoms with E-state index in [-0.39, 0.29) is 23.8 Å². The standard InChI is InChI=1S/C14H19N3O3/c1-10-4-5-11(12(8-10)17(19)20)16-13(18)14(9-15)6-2-3-7-14/h4-5,8H,2-3,6-7,9,15H2,1H3,(H,16,18). The number of hydrogen-bond acceptors (Lipinski definition) is 4. The summed E-state index contributed by atoms with van der Waals surface area (Å²) in [5, 5.41) is 13.7. The number of aryl methyl sites for hydroxylation is 1. The molecular formula is C14H19N3O3. The van der Waals surface area contributed by atoms with Gasteiger partial charge in [0.05, 0.1) is 10.3 Å². The van der Waals surface area contributed by atoms with Crippen LogP contribution in [0.5, 0.6) is 0 Å². The number of anilines is 1. The number of nitrogens with zero attached hydrogens (tertiary/aromatic N) is 1. The van der Waals surface area contributed by atoms with E-state index >= 15 is 0 Å². The molecule has 0 bridgehead atoms. The Balaban J connectivity index is 2.25. The molecule has 6 heteroatoms. The van der Waals surface area contributed by atoms with Crippen LogP contribution < -0.4 is 11.1 Å². The zero-order valence-corrected chi connectivity index (χ0v) is 11.5. The van der Waals surface area contributed by atoms with Crippen molar-refractivity contribution < 1.29 is 9.72 Å². The molecule has 0 heterocycles. The number of benzene rings is 1. The Bertz CT molecular complexity index is 536. The Morgan fingerprint density at radius 2 is 2.10 bits per heavy atom. The molecule has 0 unspecified atom stereocenters. The van der Waals surface area contributed by atoms with Crippen LogP contribution in [-0.2, 0) is 4.79 Å². The summed E-state index contributed by atoms with van der Waals surface area (Å²) in [6.07, 6.45) is 3.44. The summed E-state index contributed by atoms with van der Waals surface area (Å²) in [6.45, 7) is 2.05. The molecule has 1 aromatic carbocycles. The number of nitrogens with two attached hydrogens (primary N) is 1. The van der Waals surface area contributed by atoms with Gasteiger partial charge in [-0.3, -0.25) is 14.9 Å². The Kier molecular flexibility index (Phi) is 4.04. The SMILES string of the molecule is Cc1ccc(NC(=O)C2(CN)CCCC2)c([N+](=O)[O-])c1. The van der Waals surface area contributed by atoms with E-state index in [1.807, 2.05) is 0 Å². The fourth-order valence-electron chi connectivity index (χ4n) is 2.73. The molecular weight excluding hydrogens is 258 g/mol. The first-order valence-corrected chi connectivity index (χ1v) is 6.75. The van der Waals surface area contributed by atoms with Gasteiger partial charge in [-0.25, -0.2) is 0 Å². The number of nitro benzene ring substituents is 1. The normalized spacial score (nSPS) is 16.9. The van der Waals surface area contributed by atoms with Gasteiger partial charge in [-0.2, -0.15) is 0 Å². The maximum Gasteiger partial charge on any atom is 0.293 e. The number of rotatable bonds is 4. The topological polar surface area (TPSA) is 98.3 Å². The van der Waals surface area contributed by atoms with Gasteiger partial charge in [-0.05, 0) is 31.4 Å². The third kappa shape index (κ3) is 2.65. The van der Waals surface area contributed by atoms with E-state index in [4.69, 9.17) is 5.73 Å². The van der Waals surface area contributed by atoms with Crippen molar-refractivity contribution in [3.8, 4) is 0 Å². The van der Waals surface area contributed by atoms with Crippen LogP contribution in [0.25, 0.3) is 0 Å². The molecule has 1 aliphatic rings. The second-order valence-electron chi connectivity index (χ2n) is 5.42. The van der Waals surface area contributed by atoms with Crippen molar-refractivity contribution in [1.29, 1.82) is 0 Å². The smallest absolute Gasteiger partial charge is 0.293 e. The van der Waals surface area contributed by atoms with Crippen LogP contribution in [0.1, 0.15) is 31.2 Å². The lowest BCUT2D eigenvalue weighted by molar-refractivity contribution is -0.384. The number of nitrogens with one attached hydrogen (secondary N) is 1. The van der Waals surface area contributed by atoms with Crippen molar-refractivity contribution in [2.75, 3.05) is 11.9 Å². The van der Waals surface area contributed by atoms with Crippen LogP contribution in [-0.4, -0.2) is 17.4 Å².